The van der Waals surface area contributed by atoms with Gasteiger partial charge in [-0.1, -0.05) is 12.1 Å². The first-order valence-electron chi connectivity index (χ1n) is 5.59. The monoisotopic (exact) mass is 278 g/mol. The SMILES string of the molecule is Cc1cc(-c2cccc(S(N)(=O)=O)c2)cn(C)c1=O. The number of sulfonamides is 1. The average Bonchev–Trinajstić information content (AvgIpc) is 2.34. The molecule has 0 bridgehead atoms. The Labute approximate surface area is 111 Å². The van der Waals surface area contributed by atoms with Crippen LogP contribution < -0.4 is 10.7 Å². The molecule has 0 aliphatic rings. The number of rotatable bonds is 2. The van der Waals surface area contributed by atoms with Gasteiger partial charge in [0.25, 0.3) is 5.56 Å². The summed E-state index contributed by atoms with van der Waals surface area (Å²) >= 11 is 0. The normalized spacial score (nSPS) is 11.5. The van der Waals surface area contributed by atoms with Crippen molar-refractivity contribution in [2.75, 3.05) is 0 Å². The van der Waals surface area contributed by atoms with Crippen LogP contribution in [0, 0.1) is 6.92 Å². The highest BCUT2D eigenvalue weighted by molar-refractivity contribution is 7.89. The quantitative estimate of drug-likeness (QED) is 0.890. The minimum atomic E-state index is -3.73. The van der Waals surface area contributed by atoms with Crippen LogP contribution in [0.3, 0.4) is 0 Å². The maximum atomic E-state index is 11.6. The van der Waals surface area contributed by atoms with E-state index in [1.54, 1.807) is 38.4 Å². The highest BCUT2D eigenvalue weighted by atomic mass is 32.2. The van der Waals surface area contributed by atoms with Crippen molar-refractivity contribution in [3.8, 4) is 11.1 Å². The summed E-state index contributed by atoms with van der Waals surface area (Å²) in [6.07, 6.45) is 1.66. The third kappa shape index (κ3) is 2.74. The van der Waals surface area contributed by atoms with Crippen molar-refractivity contribution in [3.05, 3.63) is 52.4 Å². The fourth-order valence-electron chi connectivity index (χ4n) is 1.89. The van der Waals surface area contributed by atoms with E-state index in [9.17, 15) is 13.2 Å². The zero-order valence-corrected chi connectivity index (χ0v) is 11.4. The maximum absolute atomic E-state index is 11.6. The summed E-state index contributed by atoms with van der Waals surface area (Å²) in [4.78, 5) is 11.7. The predicted octanol–water partition coefficient (Wildman–Crippen LogP) is 1.01. The van der Waals surface area contributed by atoms with Gasteiger partial charge in [-0.05, 0) is 36.2 Å². The molecule has 0 saturated carbocycles. The number of pyridine rings is 1. The number of nitrogens with two attached hydrogens (primary N) is 1. The Hall–Kier alpha value is -1.92. The van der Waals surface area contributed by atoms with Crippen LogP contribution in [0.15, 0.2) is 46.2 Å². The summed E-state index contributed by atoms with van der Waals surface area (Å²) in [7, 11) is -2.08. The second-order valence-electron chi connectivity index (χ2n) is 4.40. The van der Waals surface area contributed by atoms with Gasteiger partial charge in [0.15, 0.2) is 0 Å². The van der Waals surface area contributed by atoms with E-state index in [1.807, 2.05) is 0 Å². The van der Waals surface area contributed by atoms with Crippen molar-refractivity contribution in [1.29, 1.82) is 0 Å². The van der Waals surface area contributed by atoms with E-state index in [1.165, 1.54) is 16.7 Å². The Balaban J connectivity index is 2.63. The number of nitrogens with zero attached hydrogens (tertiary/aromatic N) is 1. The average molecular weight is 278 g/mol. The number of hydrogen-bond acceptors (Lipinski definition) is 3. The molecule has 19 heavy (non-hydrogen) atoms. The summed E-state index contributed by atoms with van der Waals surface area (Å²) in [5, 5.41) is 5.10. The van der Waals surface area contributed by atoms with E-state index in [-0.39, 0.29) is 10.5 Å². The van der Waals surface area contributed by atoms with E-state index in [0.29, 0.717) is 11.1 Å². The highest BCUT2D eigenvalue weighted by Crippen LogP contribution is 2.21. The lowest BCUT2D eigenvalue weighted by Gasteiger charge is -2.07. The first kappa shape index (κ1) is 13.5. The summed E-state index contributed by atoms with van der Waals surface area (Å²) in [6, 6.07) is 8.05. The smallest absolute Gasteiger partial charge is 0.253 e. The number of primary sulfonamides is 1. The molecule has 2 N–H and O–H groups in total. The second kappa shape index (κ2) is 4.64. The molecule has 1 aromatic heterocycles. The minimum Gasteiger partial charge on any atom is -0.318 e. The first-order chi connectivity index (χ1) is 8.79. The van der Waals surface area contributed by atoms with E-state index >= 15 is 0 Å². The van der Waals surface area contributed by atoms with Gasteiger partial charge in [-0.3, -0.25) is 4.79 Å². The van der Waals surface area contributed by atoms with Crippen LogP contribution in [-0.2, 0) is 17.1 Å². The zero-order chi connectivity index (χ0) is 14.2. The van der Waals surface area contributed by atoms with Gasteiger partial charge in [-0.2, -0.15) is 0 Å². The summed E-state index contributed by atoms with van der Waals surface area (Å²) in [6.45, 7) is 1.72. The van der Waals surface area contributed by atoms with Gasteiger partial charge in [-0.15, -0.1) is 0 Å². The Morgan fingerprint density at radius 2 is 1.84 bits per heavy atom. The summed E-state index contributed by atoms with van der Waals surface area (Å²) in [5.41, 5.74) is 1.99. The molecule has 0 unspecified atom stereocenters. The van der Waals surface area contributed by atoms with Gasteiger partial charge in [0.2, 0.25) is 10.0 Å². The van der Waals surface area contributed by atoms with E-state index in [4.69, 9.17) is 5.14 Å². The van der Waals surface area contributed by atoms with E-state index in [2.05, 4.69) is 0 Å². The maximum Gasteiger partial charge on any atom is 0.253 e. The minimum absolute atomic E-state index is 0.0523. The van der Waals surface area contributed by atoms with Crippen molar-refractivity contribution in [3.63, 3.8) is 0 Å². The van der Waals surface area contributed by atoms with Crippen LogP contribution >= 0.6 is 0 Å². The highest BCUT2D eigenvalue weighted by Gasteiger charge is 2.09. The molecular formula is C13H14N2O3S. The van der Waals surface area contributed by atoms with Gasteiger partial charge in [0, 0.05) is 18.8 Å². The molecule has 0 saturated heterocycles. The Morgan fingerprint density at radius 1 is 1.16 bits per heavy atom. The van der Waals surface area contributed by atoms with Gasteiger partial charge >= 0.3 is 0 Å². The van der Waals surface area contributed by atoms with Crippen LogP contribution in [0.4, 0.5) is 0 Å². The largest absolute Gasteiger partial charge is 0.318 e. The van der Waals surface area contributed by atoms with Crippen LogP contribution in [0.1, 0.15) is 5.56 Å². The van der Waals surface area contributed by atoms with Gasteiger partial charge in [-0.25, -0.2) is 13.6 Å². The van der Waals surface area contributed by atoms with Crippen LogP contribution in [0.2, 0.25) is 0 Å². The molecule has 2 aromatic rings. The fraction of sp³-hybridized carbons (Fsp3) is 0.154. The molecule has 0 amide bonds. The molecule has 1 heterocycles. The molecule has 5 nitrogen and oxygen atoms in total. The van der Waals surface area contributed by atoms with Crippen molar-refractivity contribution in [2.45, 2.75) is 11.8 Å². The first-order valence-corrected chi connectivity index (χ1v) is 7.14. The van der Waals surface area contributed by atoms with Crippen molar-refractivity contribution < 1.29 is 8.42 Å². The molecule has 0 aliphatic carbocycles. The molecule has 0 radical (unpaired) electrons. The standard InChI is InChI=1S/C13H14N2O3S/c1-9-6-11(8-15(2)13(9)16)10-4-3-5-12(7-10)19(14,17)18/h3-8H,1-2H3,(H2,14,17,18). The van der Waals surface area contributed by atoms with Gasteiger partial charge in [0.05, 0.1) is 4.90 Å². The lowest BCUT2D eigenvalue weighted by atomic mass is 10.1. The molecule has 0 atom stereocenters. The van der Waals surface area contributed by atoms with E-state index in [0.717, 1.165) is 5.56 Å². The van der Waals surface area contributed by atoms with Crippen LogP contribution in [0.5, 0.6) is 0 Å². The van der Waals surface area contributed by atoms with Gasteiger partial charge < -0.3 is 4.57 Å². The second-order valence-corrected chi connectivity index (χ2v) is 5.96. The fourth-order valence-corrected chi connectivity index (χ4v) is 2.45. The zero-order valence-electron chi connectivity index (χ0n) is 10.6. The summed E-state index contributed by atoms with van der Waals surface area (Å²) < 4.78 is 24.1. The predicted molar refractivity (Wildman–Crippen MR) is 73.2 cm³/mol. The Bertz CT molecular complexity index is 766. The third-order valence-corrected chi connectivity index (χ3v) is 3.77. The molecule has 0 spiro atoms. The van der Waals surface area contributed by atoms with Crippen molar-refractivity contribution in [2.24, 2.45) is 12.2 Å². The number of hydrogen-bond donors (Lipinski definition) is 1. The van der Waals surface area contributed by atoms with Gasteiger partial charge in [0.1, 0.15) is 0 Å². The number of aryl methyl sites for hydroxylation is 2. The van der Waals surface area contributed by atoms with E-state index < -0.39 is 10.0 Å². The number of aromatic nitrogens is 1. The molecule has 100 valence electrons. The Morgan fingerprint density at radius 3 is 2.42 bits per heavy atom. The van der Waals surface area contributed by atoms with Crippen LogP contribution in [0.25, 0.3) is 11.1 Å². The summed E-state index contributed by atoms with van der Waals surface area (Å²) in [5.74, 6) is 0. The van der Waals surface area contributed by atoms with Crippen molar-refractivity contribution in [1.82, 2.24) is 4.57 Å². The topological polar surface area (TPSA) is 82.2 Å². The molecule has 1 aromatic carbocycles. The Kier molecular flexibility index (Phi) is 3.30. The molecule has 6 heteroatoms. The molecular weight excluding hydrogens is 264 g/mol. The molecule has 0 fully saturated rings. The number of benzene rings is 1. The lowest BCUT2D eigenvalue weighted by molar-refractivity contribution is 0.598. The lowest BCUT2D eigenvalue weighted by Crippen LogP contribution is -2.18. The van der Waals surface area contributed by atoms with Crippen molar-refractivity contribution >= 4 is 10.0 Å². The molecule has 0 aliphatic heterocycles. The molecule has 2 rings (SSSR count). The third-order valence-electron chi connectivity index (χ3n) is 2.86. The van der Waals surface area contributed by atoms with Crippen LogP contribution in [-0.4, -0.2) is 13.0 Å².